The maximum Gasteiger partial charge on any atom is 0.234 e. The molecule has 0 aliphatic rings. The number of para-hydroxylation sites is 2. The van der Waals surface area contributed by atoms with E-state index in [-0.39, 0.29) is 0 Å². The molecule has 0 fully saturated rings. The number of thiophene rings is 1. The summed E-state index contributed by atoms with van der Waals surface area (Å²) in [6, 6.07) is 31.9. The topological polar surface area (TPSA) is 61.2 Å². The van der Waals surface area contributed by atoms with E-state index in [0.29, 0.717) is 11.6 Å². The molecule has 42 heavy (non-hydrogen) atoms. The highest BCUT2D eigenvalue weighted by molar-refractivity contribution is 7.11. The largest absolute Gasteiger partial charge is 0.424 e. The molecule has 6 aromatic heterocycles. The van der Waals surface area contributed by atoms with Gasteiger partial charge in [-0.25, -0.2) is 15.0 Å². The van der Waals surface area contributed by atoms with Crippen molar-refractivity contribution in [2.24, 2.45) is 0 Å². The summed E-state index contributed by atoms with van der Waals surface area (Å²) < 4.78 is 10.6. The number of hydrogen-bond acceptors (Lipinski definition) is 5. The van der Waals surface area contributed by atoms with Gasteiger partial charge in [-0.2, -0.15) is 0 Å². The molecule has 0 unspecified atom stereocenters. The summed E-state index contributed by atoms with van der Waals surface area (Å²) >= 11 is 1.71. The first kappa shape index (κ1) is 23.4. The molecule has 0 aliphatic heterocycles. The summed E-state index contributed by atoms with van der Waals surface area (Å²) in [7, 11) is 0. The van der Waals surface area contributed by atoms with Gasteiger partial charge in [0.2, 0.25) is 5.71 Å². The average Bonchev–Trinajstić information content (AvgIpc) is 3.80. The molecule has 9 rings (SSSR count). The van der Waals surface area contributed by atoms with Gasteiger partial charge >= 0.3 is 0 Å². The number of aromatic nitrogens is 5. The number of pyridine rings is 2. The molecule has 0 N–H and O–H groups in total. The van der Waals surface area contributed by atoms with E-state index in [9.17, 15) is 0 Å². The third-order valence-corrected chi connectivity index (χ3v) is 9.04. The van der Waals surface area contributed by atoms with Crippen molar-refractivity contribution in [3.63, 3.8) is 0 Å². The number of nitrogens with zero attached hydrogens (tertiary/aromatic N) is 5. The van der Waals surface area contributed by atoms with Gasteiger partial charge in [0, 0.05) is 50.0 Å². The monoisotopic (exact) mass is 561 g/mol. The summed E-state index contributed by atoms with van der Waals surface area (Å²) in [5, 5.41) is 6.77. The molecule has 6 nitrogen and oxygen atoms in total. The molecule has 0 saturated heterocycles. The van der Waals surface area contributed by atoms with Gasteiger partial charge in [-0.05, 0) is 49.4 Å². The van der Waals surface area contributed by atoms with E-state index in [2.05, 4.69) is 106 Å². The van der Waals surface area contributed by atoms with Crippen LogP contribution in [0.3, 0.4) is 0 Å². The Morgan fingerprint density at radius 2 is 1.55 bits per heavy atom. The number of fused-ring (bicyclic) bond motifs is 9. The lowest BCUT2D eigenvalue weighted by atomic mass is 10.1. The van der Waals surface area contributed by atoms with Crippen molar-refractivity contribution in [3.8, 4) is 28.3 Å². The zero-order valence-corrected chi connectivity index (χ0v) is 23.7. The third-order valence-electron chi connectivity index (χ3n) is 8.13. The van der Waals surface area contributed by atoms with E-state index in [0.717, 1.165) is 50.3 Å². The normalized spacial score (nSPS) is 12.0. The molecule has 7 heteroatoms. The van der Waals surface area contributed by atoms with E-state index in [1.165, 1.54) is 26.7 Å². The average molecular weight is 562 g/mol. The summed E-state index contributed by atoms with van der Waals surface area (Å²) in [4.78, 5) is 16.0. The Morgan fingerprint density at radius 1 is 0.738 bits per heavy atom. The molecule has 9 aromatic rings. The molecule has 0 bridgehead atoms. The third kappa shape index (κ3) is 3.22. The smallest absolute Gasteiger partial charge is 0.234 e. The molecule has 0 saturated carbocycles. The van der Waals surface area contributed by atoms with E-state index in [1.807, 2.05) is 19.2 Å². The molecule has 0 aliphatic carbocycles. The van der Waals surface area contributed by atoms with Gasteiger partial charge in [-0.3, -0.25) is 4.40 Å². The lowest BCUT2D eigenvalue weighted by Gasteiger charge is -2.09. The molecule has 200 valence electrons. The molecular weight excluding hydrogens is 538 g/mol. The first-order valence-electron chi connectivity index (χ1n) is 13.9. The van der Waals surface area contributed by atoms with Crippen LogP contribution in [0.1, 0.15) is 10.8 Å². The van der Waals surface area contributed by atoms with E-state index in [4.69, 9.17) is 19.4 Å². The predicted octanol–water partition coefficient (Wildman–Crippen LogP) is 9.13. The Kier molecular flexibility index (Phi) is 4.81. The molecular formula is C35H23N5OS. The van der Waals surface area contributed by atoms with Crippen molar-refractivity contribution >= 4 is 60.8 Å². The summed E-state index contributed by atoms with van der Waals surface area (Å²) in [6.07, 6.45) is 1.89. The van der Waals surface area contributed by atoms with Crippen LogP contribution in [-0.4, -0.2) is 23.9 Å². The van der Waals surface area contributed by atoms with Crippen LogP contribution in [0.25, 0.3) is 77.8 Å². The first-order valence-corrected chi connectivity index (χ1v) is 14.7. The molecule has 6 heterocycles. The van der Waals surface area contributed by atoms with Gasteiger partial charge in [0.05, 0.1) is 34.3 Å². The minimum absolute atomic E-state index is 0.633. The minimum atomic E-state index is 0.633. The van der Waals surface area contributed by atoms with Crippen LogP contribution >= 0.6 is 11.3 Å². The standard InChI is InChI=1S/C35H23N5OS/c1-20-32-26(19-42-20)34-36-18-31(40(34)35-33(32)37-21(2)41-35)28-13-8-12-27(38-28)22-15-16-30-25(17-22)24-11-6-7-14-29(24)39(30)23-9-4-3-5-10-23/h3-19H,1-2H3. The summed E-state index contributed by atoms with van der Waals surface area (Å²) in [6.45, 7) is 4.01. The molecule has 0 radical (unpaired) electrons. The quantitative estimate of drug-likeness (QED) is 0.216. The number of hydrogen-bond donors (Lipinski definition) is 0. The Bertz CT molecular complexity index is 2500. The SMILES string of the molecule is Cc1nc2c3c(C)scc3c3ncc(-c4cccc(-c5ccc6c(c5)c5ccccc5n6-c5ccccc5)n4)n3c2o1. The lowest BCUT2D eigenvalue weighted by Crippen LogP contribution is -1.95. The van der Waals surface area contributed by atoms with E-state index < -0.39 is 0 Å². The van der Waals surface area contributed by atoms with Gasteiger partial charge < -0.3 is 8.98 Å². The first-order chi connectivity index (χ1) is 20.7. The fourth-order valence-corrected chi connectivity index (χ4v) is 7.14. The second-order valence-electron chi connectivity index (χ2n) is 10.6. The zero-order chi connectivity index (χ0) is 27.9. The fourth-order valence-electron chi connectivity index (χ4n) is 6.30. The van der Waals surface area contributed by atoms with Crippen LogP contribution in [0, 0.1) is 13.8 Å². The maximum atomic E-state index is 6.16. The molecule has 3 aromatic carbocycles. The number of rotatable bonds is 3. The van der Waals surface area contributed by atoms with Crippen LogP contribution in [-0.2, 0) is 0 Å². The Labute approximate surface area is 244 Å². The van der Waals surface area contributed by atoms with E-state index in [1.54, 1.807) is 11.3 Å². The number of imidazole rings is 1. The predicted molar refractivity (Wildman–Crippen MR) is 171 cm³/mol. The Balaban J connectivity index is 1.24. The van der Waals surface area contributed by atoms with Crippen molar-refractivity contribution in [2.75, 3.05) is 0 Å². The van der Waals surface area contributed by atoms with Crippen LogP contribution in [0.4, 0.5) is 0 Å². The number of oxazole rings is 1. The Morgan fingerprint density at radius 3 is 2.45 bits per heavy atom. The van der Waals surface area contributed by atoms with Gasteiger partial charge in [0.25, 0.3) is 0 Å². The van der Waals surface area contributed by atoms with Crippen LogP contribution in [0.2, 0.25) is 0 Å². The highest BCUT2D eigenvalue weighted by Gasteiger charge is 2.21. The van der Waals surface area contributed by atoms with E-state index >= 15 is 0 Å². The van der Waals surface area contributed by atoms with Crippen molar-refractivity contribution in [3.05, 3.63) is 113 Å². The molecule has 0 atom stereocenters. The number of aryl methyl sites for hydroxylation is 2. The minimum Gasteiger partial charge on any atom is -0.424 e. The van der Waals surface area contributed by atoms with Crippen LogP contribution in [0.5, 0.6) is 0 Å². The second kappa shape index (κ2) is 8.61. The summed E-state index contributed by atoms with van der Waals surface area (Å²) in [5.74, 6) is 0.633. The lowest BCUT2D eigenvalue weighted by molar-refractivity contribution is 0.548. The highest BCUT2D eigenvalue weighted by atomic mass is 32.1. The number of benzene rings is 3. The van der Waals surface area contributed by atoms with Gasteiger partial charge in [-0.15, -0.1) is 11.3 Å². The maximum absolute atomic E-state index is 6.16. The molecule has 0 spiro atoms. The van der Waals surface area contributed by atoms with Crippen molar-refractivity contribution < 1.29 is 4.42 Å². The fraction of sp³-hybridized carbons (Fsp3) is 0.0571. The van der Waals surface area contributed by atoms with Gasteiger partial charge in [0.15, 0.2) is 5.89 Å². The second-order valence-corrected chi connectivity index (χ2v) is 11.7. The van der Waals surface area contributed by atoms with Gasteiger partial charge in [-0.1, -0.05) is 48.5 Å². The van der Waals surface area contributed by atoms with Crippen LogP contribution in [0.15, 0.2) is 107 Å². The van der Waals surface area contributed by atoms with Crippen molar-refractivity contribution in [1.82, 2.24) is 23.9 Å². The molecule has 0 amide bonds. The van der Waals surface area contributed by atoms with Gasteiger partial charge in [0.1, 0.15) is 11.2 Å². The zero-order valence-electron chi connectivity index (χ0n) is 22.9. The Hall–Kier alpha value is -5.27. The van der Waals surface area contributed by atoms with Crippen molar-refractivity contribution in [2.45, 2.75) is 13.8 Å². The van der Waals surface area contributed by atoms with Crippen molar-refractivity contribution in [1.29, 1.82) is 0 Å². The summed E-state index contributed by atoms with van der Waals surface area (Å²) in [5.41, 5.74) is 9.59. The van der Waals surface area contributed by atoms with Crippen LogP contribution < -0.4 is 0 Å². The highest BCUT2D eigenvalue weighted by Crippen LogP contribution is 2.38.